The fourth-order valence-corrected chi connectivity index (χ4v) is 1.95. The third-order valence-corrected chi connectivity index (χ3v) is 2.75. The van der Waals surface area contributed by atoms with Gasteiger partial charge in [-0.15, -0.1) is 0 Å². The highest BCUT2D eigenvalue weighted by molar-refractivity contribution is 6.32. The van der Waals surface area contributed by atoms with Crippen LogP contribution in [0.15, 0.2) is 12.1 Å². The van der Waals surface area contributed by atoms with Crippen molar-refractivity contribution >= 4 is 17.5 Å². The van der Waals surface area contributed by atoms with E-state index in [1.165, 1.54) is 0 Å². The van der Waals surface area contributed by atoms with Crippen LogP contribution in [-0.4, -0.2) is 19.1 Å². The zero-order valence-corrected chi connectivity index (χ0v) is 9.87. The molecule has 92 valence electrons. The first-order valence-corrected chi connectivity index (χ1v) is 5.58. The lowest BCUT2D eigenvalue weighted by molar-refractivity contribution is -0.118. The molecule has 0 aromatic heterocycles. The Bertz CT molecular complexity index is 451. The van der Waals surface area contributed by atoms with Crippen molar-refractivity contribution in [2.24, 2.45) is 11.5 Å². The lowest BCUT2D eigenvalue weighted by Gasteiger charge is -2.21. The van der Waals surface area contributed by atoms with Gasteiger partial charge in [0.05, 0.1) is 5.02 Å². The van der Waals surface area contributed by atoms with Crippen LogP contribution in [0.1, 0.15) is 18.0 Å². The maximum absolute atomic E-state index is 10.8. The Morgan fingerprint density at radius 2 is 2.12 bits per heavy atom. The molecule has 0 saturated heterocycles. The Balaban J connectivity index is 2.30. The lowest BCUT2D eigenvalue weighted by Crippen LogP contribution is -2.21. The Morgan fingerprint density at radius 1 is 1.41 bits per heavy atom. The van der Waals surface area contributed by atoms with E-state index in [0.717, 1.165) is 0 Å². The van der Waals surface area contributed by atoms with Crippen LogP contribution in [0.25, 0.3) is 0 Å². The van der Waals surface area contributed by atoms with Crippen LogP contribution in [-0.2, 0) is 4.79 Å². The third kappa shape index (κ3) is 2.62. The molecular formula is C11H13ClN2O3. The number of ether oxygens (including phenoxy) is 2. The van der Waals surface area contributed by atoms with E-state index >= 15 is 0 Å². The molecule has 1 atom stereocenters. The highest BCUT2D eigenvalue weighted by Gasteiger charge is 2.19. The summed E-state index contributed by atoms with van der Waals surface area (Å²) in [6.45, 7) is 0.942. The van der Waals surface area contributed by atoms with E-state index < -0.39 is 11.9 Å². The third-order valence-electron chi connectivity index (χ3n) is 2.47. The first-order valence-electron chi connectivity index (χ1n) is 5.21. The molecule has 17 heavy (non-hydrogen) atoms. The molecule has 1 unspecified atom stereocenters. The van der Waals surface area contributed by atoms with Gasteiger partial charge in [0.1, 0.15) is 13.2 Å². The molecule has 6 heteroatoms. The SMILES string of the molecule is NC(=O)CC(N)c1cc(Cl)c2c(c1)OCCO2. The number of nitrogens with two attached hydrogens (primary N) is 2. The van der Waals surface area contributed by atoms with Crippen LogP contribution in [0.4, 0.5) is 0 Å². The summed E-state index contributed by atoms with van der Waals surface area (Å²) in [6, 6.07) is 2.91. The quantitative estimate of drug-likeness (QED) is 0.844. The van der Waals surface area contributed by atoms with Gasteiger partial charge in [-0.25, -0.2) is 0 Å². The minimum Gasteiger partial charge on any atom is -0.486 e. The van der Waals surface area contributed by atoms with Gasteiger partial charge in [0.15, 0.2) is 11.5 Å². The summed E-state index contributed by atoms with van der Waals surface area (Å²) < 4.78 is 10.8. The second-order valence-corrected chi connectivity index (χ2v) is 4.21. The molecule has 1 aliphatic heterocycles. The molecule has 0 aliphatic carbocycles. The molecule has 0 saturated carbocycles. The van der Waals surface area contributed by atoms with Crippen molar-refractivity contribution in [3.05, 3.63) is 22.7 Å². The molecule has 0 bridgehead atoms. The summed E-state index contributed by atoms with van der Waals surface area (Å²) >= 11 is 6.05. The highest BCUT2D eigenvalue weighted by Crippen LogP contribution is 2.39. The number of hydrogen-bond acceptors (Lipinski definition) is 4. The predicted molar refractivity (Wildman–Crippen MR) is 63.2 cm³/mol. The van der Waals surface area contributed by atoms with Gasteiger partial charge in [0.2, 0.25) is 5.91 Å². The molecule has 0 radical (unpaired) electrons. The van der Waals surface area contributed by atoms with Crippen LogP contribution in [0.2, 0.25) is 5.02 Å². The van der Waals surface area contributed by atoms with E-state index in [4.69, 9.17) is 32.5 Å². The minimum atomic E-state index is -0.485. The van der Waals surface area contributed by atoms with Crippen LogP contribution < -0.4 is 20.9 Å². The molecule has 1 amide bonds. The average molecular weight is 257 g/mol. The molecule has 1 aromatic rings. The van der Waals surface area contributed by atoms with Gasteiger partial charge >= 0.3 is 0 Å². The van der Waals surface area contributed by atoms with Gasteiger partial charge in [0, 0.05) is 12.5 Å². The van der Waals surface area contributed by atoms with Crippen molar-refractivity contribution < 1.29 is 14.3 Å². The first-order chi connectivity index (χ1) is 8.08. The number of benzene rings is 1. The number of carbonyl (C=O) groups excluding carboxylic acids is 1. The predicted octanol–water partition coefficient (Wildman–Crippen LogP) is 0.986. The summed E-state index contributed by atoms with van der Waals surface area (Å²) in [7, 11) is 0. The smallest absolute Gasteiger partial charge is 0.219 e. The highest BCUT2D eigenvalue weighted by atomic mass is 35.5. The largest absolute Gasteiger partial charge is 0.486 e. The summed E-state index contributed by atoms with van der Waals surface area (Å²) in [6.07, 6.45) is 0.0654. The van der Waals surface area contributed by atoms with E-state index in [2.05, 4.69) is 0 Å². The fourth-order valence-electron chi connectivity index (χ4n) is 1.68. The number of fused-ring (bicyclic) bond motifs is 1. The molecule has 0 fully saturated rings. The van der Waals surface area contributed by atoms with E-state index in [1.54, 1.807) is 12.1 Å². The molecule has 5 nitrogen and oxygen atoms in total. The van der Waals surface area contributed by atoms with E-state index in [-0.39, 0.29) is 6.42 Å². The molecule has 4 N–H and O–H groups in total. The number of halogens is 1. The Labute approximate surface area is 104 Å². The topological polar surface area (TPSA) is 87.6 Å². The van der Waals surface area contributed by atoms with Crippen molar-refractivity contribution in [2.75, 3.05) is 13.2 Å². The Morgan fingerprint density at radius 3 is 2.82 bits per heavy atom. The molecule has 2 rings (SSSR count). The Hall–Kier alpha value is -1.46. The molecule has 0 spiro atoms. The monoisotopic (exact) mass is 256 g/mol. The average Bonchev–Trinajstić information content (AvgIpc) is 2.28. The second-order valence-electron chi connectivity index (χ2n) is 3.80. The normalized spacial score (nSPS) is 15.4. The van der Waals surface area contributed by atoms with Crippen molar-refractivity contribution in [2.45, 2.75) is 12.5 Å². The summed E-state index contributed by atoms with van der Waals surface area (Å²) in [5.74, 6) is 0.620. The molecule has 1 heterocycles. The molecule has 1 aromatic carbocycles. The van der Waals surface area contributed by atoms with Crippen molar-refractivity contribution in [3.8, 4) is 11.5 Å². The first kappa shape index (κ1) is 12.0. The van der Waals surface area contributed by atoms with Crippen LogP contribution in [0, 0.1) is 0 Å². The van der Waals surface area contributed by atoms with Crippen molar-refractivity contribution in [3.63, 3.8) is 0 Å². The minimum absolute atomic E-state index is 0.0654. The van der Waals surface area contributed by atoms with Crippen LogP contribution in [0.5, 0.6) is 11.5 Å². The van der Waals surface area contributed by atoms with Crippen LogP contribution in [0.3, 0.4) is 0 Å². The van der Waals surface area contributed by atoms with E-state index in [9.17, 15) is 4.79 Å². The molecular weight excluding hydrogens is 244 g/mol. The van der Waals surface area contributed by atoms with E-state index in [0.29, 0.717) is 35.3 Å². The second kappa shape index (κ2) is 4.81. The zero-order valence-electron chi connectivity index (χ0n) is 9.11. The Kier molecular flexibility index (Phi) is 3.40. The van der Waals surface area contributed by atoms with Crippen molar-refractivity contribution in [1.82, 2.24) is 0 Å². The maximum atomic E-state index is 10.8. The van der Waals surface area contributed by atoms with Gasteiger partial charge in [-0.2, -0.15) is 0 Å². The summed E-state index contributed by atoms with van der Waals surface area (Å²) in [5, 5.41) is 0.428. The zero-order chi connectivity index (χ0) is 12.4. The molecule has 1 aliphatic rings. The number of carbonyl (C=O) groups is 1. The fraction of sp³-hybridized carbons (Fsp3) is 0.364. The van der Waals surface area contributed by atoms with E-state index in [1.807, 2.05) is 0 Å². The standard InChI is InChI=1S/C11H13ClN2O3/c12-7-3-6(8(13)5-10(14)15)4-9-11(7)17-2-1-16-9/h3-4,8H,1-2,5,13H2,(H2,14,15). The number of primary amides is 1. The van der Waals surface area contributed by atoms with Gasteiger partial charge in [0.25, 0.3) is 0 Å². The summed E-state index contributed by atoms with van der Waals surface area (Å²) in [4.78, 5) is 10.8. The van der Waals surface area contributed by atoms with Gasteiger partial charge in [-0.05, 0) is 17.7 Å². The van der Waals surface area contributed by atoms with Gasteiger partial charge in [-0.1, -0.05) is 11.6 Å². The number of rotatable bonds is 3. The lowest BCUT2D eigenvalue weighted by atomic mass is 10.0. The van der Waals surface area contributed by atoms with Crippen molar-refractivity contribution in [1.29, 1.82) is 0 Å². The van der Waals surface area contributed by atoms with Crippen LogP contribution >= 0.6 is 11.6 Å². The van der Waals surface area contributed by atoms with Gasteiger partial charge < -0.3 is 20.9 Å². The number of hydrogen-bond donors (Lipinski definition) is 2. The maximum Gasteiger partial charge on any atom is 0.219 e. The van der Waals surface area contributed by atoms with Gasteiger partial charge in [-0.3, -0.25) is 4.79 Å². The number of amides is 1. The summed E-state index contributed by atoms with van der Waals surface area (Å²) in [5.41, 5.74) is 11.6.